The van der Waals surface area contributed by atoms with Gasteiger partial charge in [0.2, 0.25) is 0 Å². The second-order valence-corrected chi connectivity index (χ2v) is 6.10. The van der Waals surface area contributed by atoms with Gasteiger partial charge in [-0.25, -0.2) is 4.79 Å². The number of nitrogens with one attached hydrogen (secondary N) is 1. The summed E-state index contributed by atoms with van der Waals surface area (Å²) >= 11 is 1.19. The van der Waals surface area contributed by atoms with E-state index < -0.39 is 5.97 Å². The lowest BCUT2D eigenvalue weighted by atomic mass is 10.0. The number of rotatable bonds is 4. The number of anilines is 1. The van der Waals surface area contributed by atoms with Crippen molar-refractivity contribution in [3.8, 4) is 11.1 Å². The van der Waals surface area contributed by atoms with Crippen LogP contribution in [0.5, 0.6) is 0 Å². The van der Waals surface area contributed by atoms with Crippen molar-refractivity contribution in [2.75, 3.05) is 5.32 Å². The van der Waals surface area contributed by atoms with Crippen molar-refractivity contribution in [2.24, 2.45) is 0 Å². The van der Waals surface area contributed by atoms with Gasteiger partial charge in [-0.3, -0.25) is 9.78 Å². The maximum atomic E-state index is 12.2. The summed E-state index contributed by atoms with van der Waals surface area (Å²) in [6.45, 7) is 1.97. The summed E-state index contributed by atoms with van der Waals surface area (Å²) in [5.41, 5.74) is 2.96. The summed E-state index contributed by atoms with van der Waals surface area (Å²) in [5, 5.41) is 14.3. The molecule has 0 spiro atoms. The Morgan fingerprint density at radius 1 is 1.17 bits per heavy atom. The van der Waals surface area contributed by atoms with Crippen molar-refractivity contribution < 1.29 is 14.7 Å². The van der Waals surface area contributed by atoms with Crippen molar-refractivity contribution in [1.82, 2.24) is 4.98 Å². The van der Waals surface area contributed by atoms with Crippen molar-refractivity contribution in [1.29, 1.82) is 0 Å². The molecule has 120 valence electrons. The van der Waals surface area contributed by atoms with Gasteiger partial charge in [0.25, 0.3) is 5.91 Å². The molecule has 0 fully saturated rings. The third kappa shape index (κ3) is 3.18. The minimum Gasteiger partial charge on any atom is -0.478 e. The van der Waals surface area contributed by atoms with Gasteiger partial charge in [0.05, 0.1) is 5.56 Å². The predicted octanol–water partition coefficient (Wildman–Crippen LogP) is 4.07. The zero-order chi connectivity index (χ0) is 17.1. The van der Waals surface area contributed by atoms with Crippen LogP contribution in [0.1, 0.15) is 26.3 Å². The Bertz CT molecular complexity index is 886. The Hall–Kier alpha value is -2.99. The maximum absolute atomic E-state index is 12.2. The number of carboxylic acids is 1. The van der Waals surface area contributed by atoms with Gasteiger partial charge in [0, 0.05) is 23.3 Å². The Balaban J connectivity index is 1.96. The molecule has 1 amide bonds. The predicted molar refractivity (Wildman–Crippen MR) is 93.6 cm³/mol. The van der Waals surface area contributed by atoms with Crippen molar-refractivity contribution >= 4 is 28.2 Å². The van der Waals surface area contributed by atoms with Gasteiger partial charge in [-0.15, -0.1) is 11.3 Å². The molecule has 0 radical (unpaired) electrons. The van der Waals surface area contributed by atoms with Gasteiger partial charge in [-0.2, -0.15) is 0 Å². The lowest BCUT2D eigenvalue weighted by Gasteiger charge is -2.06. The van der Waals surface area contributed by atoms with Crippen LogP contribution in [0.25, 0.3) is 11.1 Å². The molecule has 3 rings (SSSR count). The zero-order valence-corrected chi connectivity index (χ0v) is 13.6. The highest BCUT2D eigenvalue weighted by Crippen LogP contribution is 2.36. The molecule has 0 atom stereocenters. The van der Waals surface area contributed by atoms with E-state index in [4.69, 9.17) is 0 Å². The molecule has 2 heterocycles. The van der Waals surface area contributed by atoms with Gasteiger partial charge in [0.1, 0.15) is 10.6 Å². The van der Waals surface area contributed by atoms with Crippen molar-refractivity contribution in [2.45, 2.75) is 6.92 Å². The van der Waals surface area contributed by atoms with Crippen LogP contribution >= 0.6 is 11.3 Å². The number of amides is 1. The van der Waals surface area contributed by atoms with E-state index in [-0.39, 0.29) is 11.5 Å². The number of aromatic nitrogens is 1. The Kier molecular flexibility index (Phi) is 4.39. The van der Waals surface area contributed by atoms with E-state index in [0.717, 1.165) is 11.1 Å². The lowest BCUT2D eigenvalue weighted by Crippen LogP contribution is -2.13. The van der Waals surface area contributed by atoms with Crippen LogP contribution < -0.4 is 5.32 Å². The van der Waals surface area contributed by atoms with Gasteiger partial charge >= 0.3 is 5.97 Å². The van der Waals surface area contributed by atoms with Crippen LogP contribution in [0.15, 0.2) is 54.2 Å². The number of aromatic carboxylic acids is 1. The Morgan fingerprint density at radius 2 is 1.92 bits per heavy atom. The van der Waals surface area contributed by atoms with Crippen LogP contribution in [0.4, 0.5) is 5.00 Å². The Morgan fingerprint density at radius 3 is 2.54 bits per heavy atom. The number of pyridine rings is 1. The zero-order valence-electron chi connectivity index (χ0n) is 12.8. The number of thiophene rings is 1. The summed E-state index contributed by atoms with van der Waals surface area (Å²) in [4.78, 5) is 27.8. The van der Waals surface area contributed by atoms with Gasteiger partial charge in [0.15, 0.2) is 0 Å². The monoisotopic (exact) mass is 338 g/mol. The first kappa shape index (κ1) is 15.9. The number of hydrogen-bond donors (Lipinski definition) is 2. The number of hydrogen-bond acceptors (Lipinski definition) is 4. The third-order valence-corrected chi connectivity index (χ3v) is 4.41. The average molecular weight is 338 g/mol. The first-order chi connectivity index (χ1) is 11.6. The molecule has 0 saturated heterocycles. The fourth-order valence-electron chi connectivity index (χ4n) is 2.28. The molecule has 1 aromatic carbocycles. The third-order valence-electron chi connectivity index (χ3n) is 3.52. The first-order valence-electron chi connectivity index (χ1n) is 7.19. The largest absolute Gasteiger partial charge is 0.478 e. The van der Waals surface area contributed by atoms with Crippen LogP contribution in [0.3, 0.4) is 0 Å². The normalized spacial score (nSPS) is 10.4. The number of benzene rings is 1. The average Bonchev–Trinajstić information content (AvgIpc) is 3.00. The van der Waals surface area contributed by atoms with Crippen LogP contribution in [-0.4, -0.2) is 22.0 Å². The molecule has 6 heteroatoms. The smallest absolute Gasteiger partial charge is 0.339 e. The summed E-state index contributed by atoms with van der Waals surface area (Å²) in [7, 11) is 0. The fourth-order valence-corrected chi connectivity index (χ4v) is 3.24. The van der Waals surface area contributed by atoms with Crippen LogP contribution in [0, 0.1) is 6.92 Å². The molecule has 0 aliphatic carbocycles. The van der Waals surface area contributed by atoms with E-state index >= 15 is 0 Å². The summed E-state index contributed by atoms with van der Waals surface area (Å²) in [5.74, 6) is -1.46. The second kappa shape index (κ2) is 6.64. The number of carbonyl (C=O) groups excluding carboxylic acids is 1. The molecule has 0 aliphatic rings. The molecule has 3 aromatic rings. The topological polar surface area (TPSA) is 79.3 Å². The molecular formula is C18H14N2O3S. The number of carbonyl (C=O) groups is 2. The van der Waals surface area contributed by atoms with E-state index in [9.17, 15) is 14.7 Å². The highest BCUT2D eigenvalue weighted by atomic mass is 32.1. The molecular weight excluding hydrogens is 324 g/mol. The van der Waals surface area contributed by atoms with Crippen molar-refractivity contribution in [3.63, 3.8) is 0 Å². The van der Waals surface area contributed by atoms with Crippen molar-refractivity contribution in [3.05, 3.63) is 70.9 Å². The first-order valence-corrected chi connectivity index (χ1v) is 8.07. The van der Waals surface area contributed by atoms with E-state index in [1.807, 2.05) is 31.2 Å². The second-order valence-electron chi connectivity index (χ2n) is 5.22. The SMILES string of the molecule is Cc1ccc(-c2csc(NC(=O)c3cccnc3)c2C(=O)O)cc1. The van der Waals surface area contributed by atoms with Crippen LogP contribution in [-0.2, 0) is 0 Å². The summed E-state index contributed by atoms with van der Waals surface area (Å²) < 4.78 is 0. The molecule has 0 saturated carbocycles. The highest BCUT2D eigenvalue weighted by molar-refractivity contribution is 7.15. The summed E-state index contributed by atoms with van der Waals surface area (Å²) in [6, 6.07) is 10.9. The Labute approximate surface area is 142 Å². The van der Waals surface area contributed by atoms with Crippen LogP contribution in [0.2, 0.25) is 0 Å². The molecule has 2 N–H and O–H groups in total. The molecule has 24 heavy (non-hydrogen) atoms. The minimum absolute atomic E-state index is 0.0982. The number of carboxylic acid groups (broad SMARTS) is 1. The van der Waals surface area contributed by atoms with Gasteiger partial charge in [-0.1, -0.05) is 29.8 Å². The number of nitrogens with zero attached hydrogens (tertiary/aromatic N) is 1. The molecule has 0 aliphatic heterocycles. The minimum atomic E-state index is -1.08. The quantitative estimate of drug-likeness (QED) is 0.751. The van der Waals surface area contributed by atoms with Gasteiger partial charge in [-0.05, 0) is 24.6 Å². The van der Waals surface area contributed by atoms with E-state index in [2.05, 4.69) is 10.3 Å². The highest BCUT2D eigenvalue weighted by Gasteiger charge is 2.21. The summed E-state index contributed by atoms with van der Waals surface area (Å²) in [6.07, 6.45) is 3.00. The molecule has 5 nitrogen and oxygen atoms in total. The molecule has 0 bridgehead atoms. The standard InChI is InChI=1S/C18H14N2O3S/c1-11-4-6-12(7-5-11)14-10-24-17(15(14)18(22)23)20-16(21)13-3-2-8-19-9-13/h2-10H,1H3,(H,20,21)(H,22,23). The lowest BCUT2D eigenvalue weighted by molar-refractivity contribution is 0.0699. The maximum Gasteiger partial charge on any atom is 0.339 e. The molecule has 0 unspecified atom stereocenters. The van der Waals surface area contributed by atoms with E-state index in [0.29, 0.717) is 16.1 Å². The fraction of sp³-hybridized carbons (Fsp3) is 0.0556. The van der Waals surface area contributed by atoms with Gasteiger partial charge < -0.3 is 10.4 Å². The van der Waals surface area contributed by atoms with E-state index in [1.165, 1.54) is 17.5 Å². The number of aryl methyl sites for hydroxylation is 1. The van der Waals surface area contributed by atoms with E-state index in [1.54, 1.807) is 23.7 Å². The molecule has 2 aromatic heterocycles.